The molecular formula is C15H23NO5S. The van der Waals surface area contributed by atoms with E-state index in [1.165, 1.54) is 19.2 Å². The van der Waals surface area contributed by atoms with E-state index >= 15 is 0 Å². The lowest BCUT2D eigenvalue weighted by molar-refractivity contribution is -0.143. The molecule has 0 spiro atoms. The van der Waals surface area contributed by atoms with Crippen LogP contribution in [-0.2, 0) is 19.6 Å². The molecular weight excluding hydrogens is 306 g/mol. The Morgan fingerprint density at radius 2 is 1.82 bits per heavy atom. The summed E-state index contributed by atoms with van der Waals surface area (Å²) in [6.07, 6.45) is 0.644. The van der Waals surface area contributed by atoms with Crippen LogP contribution >= 0.6 is 0 Å². The zero-order valence-corrected chi connectivity index (χ0v) is 14.1. The van der Waals surface area contributed by atoms with Crippen LogP contribution in [0.2, 0.25) is 0 Å². The summed E-state index contributed by atoms with van der Waals surface area (Å²) in [5.74, 6) is -0.179. The number of rotatable bonds is 8. The van der Waals surface area contributed by atoms with E-state index in [9.17, 15) is 13.2 Å². The first kappa shape index (κ1) is 18.4. The number of ether oxygens (including phenoxy) is 2. The second-order valence-corrected chi connectivity index (χ2v) is 6.63. The van der Waals surface area contributed by atoms with Crippen LogP contribution < -0.4 is 9.46 Å². The van der Waals surface area contributed by atoms with E-state index in [2.05, 4.69) is 9.46 Å². The fourth-order valence-corrected chi connectivity index (χ4v) is 3.17. The molecule has 0 amide bonds. The van der Waals surface area contributed by atoms with Gasteiger partial charge < -0.3 is 9.47 Å². The third kappa shape index (κ3) is 4.71. The highest BCUT2D eigenvalue weighted by molar-refractivity contribution is 7.89. The van der Waals surface area contributed by atoms with Crippen molar-refractivity contribution in [3.05, 3.63) is 24.3 Å². The molecule has 0 radical (unpaired) electrons. The number of carbonyl (C=O) groups is 1. The Bertz CT molecular complexity index is 582. The minimum Gasteiger partial charge on any atom is -0.494 e. The van der Waals surface area contributed by atoms with Gasteiger partial charge in [0.1, 0.15) is 11.8 Å². The molecule has 1 aromatic carbocycles. The van der Waals surface area contributed by atoms with E-state index in [0.29, 0.717) is 18.8 Å². The molecule has 1 N–H and O–H groups in total. The van der Waals surface area contributed by atoms with E-state index < -0.39 is 22.0 Å². The molecule has 1 rings (SSSR count). The van der Waals surface area contributed by atoms with Gasteiger partial charge in [-0.15, -0.1) is 0 Å². The van der Waals surface area contributed by atoms with Gasteiger partial charge in [-0.25, -0.2) is 8.42 Å². The van der Waals surface area contributed by atoms with Crippen molar-refractivity contribution >= 4 is 16.0 Å². The fourth-order valence-electron chi connectivity index (χ4n) is 1.88. The first-order valence-corrected chi connectivity index (χ1v) is 8.67. The molecule has 0 fully saturated rings. The van der Waals surface area contributed by atoms with Crippen LogP contribution in [0.5, 0.6) is 5.75 Å². The second-order valence-electron chi connectivity index (χ2n) is 4.91. The molecule has 22 heavy (non-hydrogen) atoms. The third-order valence-corrected chi connectivity index (χ3v) is 4.85. The second kappa shape index (κ2) is 8.14. The Kier molecular flexibility index (Phi) is 6.83. The van der Waals surface area contributed by atoms with Gasteiger partial charge in [0.05, 0.1) is 18.6 Å². The largest absolute Gasteiger partial charge is 0.494 e. The highest BCUT2D eigenvalue weighted by Gasteiger charge is 2.30. The summed E-state index contributed by atoms with van der Waals surface area (Å²) in [7, 11) is -2.57. The smallest absolute Gasteiger partial charge is 0.324 e. The first-order chi connectivity index (χ1) is 10.4. The Labute approximate surface area is 131 Å². The van der Waals surface area contributed by atoms with Crippen LogP contribution in [0.15, 0.2) is 29.2 Å². The van der Waals surface area contributed by atoms with Gasteiger partial charge in [-0.1, -0.05) is 20.3 Å². The third-order valence-electron chi connectivity index (χ3n) is 3.40. The molecule has 124 valence electrons. The number of hydrogen-bond donors (Lipinski definition) is 1. The van der Waals surface area contributed by atoms with Gasteiger partial charge in [-0.3, -0.25) is 4.79 Å². The van der Waals surface area contributed by atoms with E-state index in [4.69, 9.17) is 4.74 Å². The molecule has 6 nitrogen and oxygen atoms in total. The van der Waals surface area contributed by atoms with Gasteiger partial charge in [0.2, 0.25) is 10.0 Å². The number of methoxy groups -OCH3 is 1. The Morgan fingerprint density at radius 3 is 2.27 bits per heavy atom. The number of sulfonamides is 1. The molecule has 7 heteroatoms. The number of benzene rings is 1. The zero-order chi connectivity index (χ0) is 16.8. The van der Waals surface area contributed by atoms with Crippen molar-refractivity contribution in [2.24, 2.45) is 5.92 Å². The molecule has 0 saturated carbocycles. The topological polar surface area (TPSA) is 81.7 Å². The highest BCUT2D eigenvalue weighted by atomic mass is 32.2. The predicted molar refractivity (Wildman–Crippen MR) is 83.2 cm³/mol. The predicted octanol–water partition coefficient (Wildman–Crippen LogP) is 1.95. The zero-order valence-electron chi connectivity index (χ0n) is 13.3. The fraction of sp³-hybridized carbons (Fsp3) is 0.533. The molecule has 0 aliphatic rings. The van der Waals surface area contributed by atoms with Crippen LogP contribution in [-0.4, -0.2) is 34.1 Å². The maximum atomic E-state index is 12.4. The molecule has 0 bridgehead atoms. The van der Waals surface area contributed by atoms with Crippen molar-refractivity contribution in [1.82, 2.24) is 4.72 Å². The summed E-state index contributed by atoms with van der Waals surface area (Å²) in [4.78, 5) is 11.9. The first-order valence-electron chi connectivity index (χ1n) is 7.18. The SMILES string of the molecule is CCOc1ccc(S(=O)(=O)N[C@H](C(=O)OC)[C@@H](C)CC)cc1. The molecule has 0 aromatic heterocycles. The summed E-state index contributed by atoms with van der Waals surface area (Å²) in [5, 5.41) is 0. The standard InChI is InChI=1S/C15H23NO5S/c1-5-11(3)14(15(17)20-4)16-22(18,19)13-9-7-12(8-10-13)21-6-2/h7-11,14,16H,5-6H2,1-4H3/t11-,14-/m0/s1. The maximum Gasteiger partial charge on any atom is 0.324 e. The molecule has 0 heterocycles. The lowest BCUT2D eigenvalue weighted by atomic mass is 10.0. The highest BCUT2D eigenvalue weighted by Crippen LogP contribution is 2.18. The monoisotopic (exact) mass is 329 g/mol. The summed E-state index contributed by atoms with van der Waals surface area (Å²) < 4.78 is 37.2. The van der Waals surface area contributed by atoms with Crippen molar-refractivity contribution < 1.29 is 22.7 Å². The molecule has 0 aliphatic carbocycles. The van der Waals surface area contributed by atoms with Crippen molar-refractivity contribution in [2.45, 2.75) is 38.1 Å². The van der Waals surface area contributed by atoms with Gasteiger partial charge >= 0.3 is 5.97 Å². The Hall–Kier alpha value is -1.60. The van der Waals surface area contributed by atoms with Crippen molar-refractivity contribution in [3.8, 4) is 5.75 Å². The molecule has 0 aliphatic heterocycles. The number of carbonyl (C=O) groups excluding carboxylic acids is 1. The molecule has 1 aromatic rings. The summed E-state index contributed by atoms with van der Waals surface area (Å²) in [6, 6.07) is 5.13. The summed E-state index contributed by atoms with van der Waals surface area (Å²) in [5.41, 5.74) is 0. The summed E-state index contributed by atoms with van der Waals surface area (Å²) in [6.45, 7) is 6.02. The lowest BCUT2D eigenvalue weighted by Gasteiger charge is -2.21. The van der Waals surface area contributed by atoms with Crippen molar-refractivity contribution in [2.75, 3.05) is 13.7 Å². The van der Waals surface area contributed by atoms with Gasteiger partial charge in [0.25, 0.3) is 0 Å². The maximum absolute atomic E-state index is 12.4. The molecule has 2 atom stereocenters. The van der Waals surface area contributed by atoms with Gasteiger partial charge in [-0.05, 0) is 37.1 Å². The lowest BCUT2D eigenvalue weighted by Crippen LogP contribution is -2.45. The van der Waals surface area contributed by atoms with Crippen LogP contribution in [0, 0.1) is 5.92 Å². The van der Waals surface area contributed by atoms with Gasteiger partial charge in [-0.2, -0.15) is 4.72 Å². The van der Waals surface area contributed by atoms with E-state index in [0.717, 1.165) is 0 Å². The minimum absolute atomic E-state index is 0.0770. The van der Waals surface area contributed by atoms with Crippen LogP contribution in [0.1, 0.15) is 27.2 Å². The number of hydrogen-bond acceptors (Lipinski definition) is 5. The van der Waals surface area contributed by atoms with Gasteiger partial charge in [0, 0.05) is 0 Å². The molecule has 0 saturated heterocycles. The van der Waals surface area contributed by atoms with E-state index in [1.807, 2.05) is 13.8 Å². The number of esters is 1. The quantitative estimate of drug-likeness (QED) is 0.737. The van der Waals surface area contributed by atoms with E-state index in [-0.39, 0.29) is 10.8 Å². The number of nitrogens with one attached hydrogen (secondary N) is 1. The average molecular weight is 329 g/mol. The van der Waals surface area contributed by atoms with Crippen LogP contribution in [0.4, 0.5) is 0 Å². The van der Waals surface area contributed by atoms with Crippen molar-refractivity contribution in [3.63, 3.8) is 0 Å². The van der Waals surface area contributed by atoms with Crippen LogP contribution in [0.25, 0.3) is 0 Å². The average Bonchev–Trinajstić information content (AvgIpc) is 2.52. The van der Waals surface area contributed by atoms with Gasteiger partial charge in [0.15, 0.2) is 0 Å². The Morgan fingerprint density at radius 1 is 1.23 bits per heavy atom. The normalized spacial score (nSPS) is 14.2. The van der Waals surface area contributed by atoms with Crippen LogP contribution in [0.3, 0.4) is 0 Å². The van der Waals surface area contributed by atoms with E-state index in [1.54, 1.807) is 19.1 Å². The summed E-state index contributed by atoms with van der Waals surface area (Å²) >= 11 is 0. The minimum atomic E-state index is -3.81. The Balaban J connectivity index is 2.98. The molecule has 0 unspecified atom stereocenters. The van der Waals surface area contributed by atoms with Crippen molar-refractivity contribution in [1.29, 1.82) is 0 Å².